The van der Waals surface area contributed by atoms with Gasteiger partial charge >= 0.3 is 0 Å². The van der Waals surface area contributed by atoms with Gasteiger partial charge in [0, 0.05) is 13.2 Å². The summed E-state index contributed by atoms with van der Waals surface area (Å²) >= 11 is 0. The molecule has 0 aliphatic carbocycles. The van der Waals surface area contributed by atoms with Crippen molar-refractivity contribution in [1.29, 1.82) is 0 Å². The van der Waals surface area contributed by atoms with E-state index in [0.29, 0.717) is 18.2 Å². The summed E-state index contributed by atoms with van der Waals surface area (Å²) in [5, 5.41) is 3.28. The maximum absolute atomic E-state index is 12.4. The average Bonchev–Trinajstić information content (AvgIpc) is 2.37. The van der Waals surface area contributed by atoms with Gasteiger partial charge in [0.25, 0.3) is 0 Å². The van der Waals surface area contributed by atoms with Crippen LogP contribution >= 0.6 is 0 Å². The van der Waals surface area contributed by atoms with Crippen LogP contribution in [0.25, 0.3) is 0 Å². The monoisotopic (exact) mass is 314 g/mol. The predicted octanol–water partition coefficient (Wildman–Crippen LogP) is 2.46. The SMILES string of the molecule is COCC(Nc1ccccc1S(=O)(=O)NC(C)C)C(C)C. The molecule has 6 heteroatoms. The van der Waals surface area contributed by atoms with E-state index in [-0.39, 0.29) is 17.0 Å². The van der Waals surface area contributed by atoms with Crippen LogP contribution in [0.2, 0.25) is 0 Å². The Hall–Kier alpha value is -1.11. The number of benzene rings is 1. The van der Waals surface area contributed by atoms with Crippen molar-refractivity contribution in [1.82, 2.24) is 4.72 Å². The van der Waals surface area contributed by atoms with Crippen molar-refractivity contribution >= 4 is 15.7 Å². The number of sulfonamides is 1. The fraction of sp³-hybridized carbons (Fsp3) is 0.600. The van der Waals surface area contributed by atoms with Gasteiger partial charge in [-0.2, -0.15) is 0 Å². The molecule has 0 radical (unpaired) electrons. The largest absolute Gasteiger partial charge is 0.383 e. The summed E-state index contributed by atoms with van der Waals surface area (Å²) in [6.07, 6.45) is 0. The zero-order valence-corrected chi connectivity index (χ0v) is 14.2. The Labute approximate surface area is 128 Å². The van der Waals surface area contributed by atoms with Gasteiger partial charge in [-0.1, -0.05) is 26.0 Å². The average molecular weight is 314 g/mol. The van der Waals surface area contributed by atoms with Crippen molar-refractivity contribution < 1.29 is 13.2 Å². The Balaban J connectivity index is 3.09. The third-order valence-corrected chi connectivity index (χ3v) is 4.78. The van der Waals surface area contributed by atoms with Crippen LogP contribution in [0, 0.1) is 5.92 Å². The van der Waals surface area contributed by atoms with Gasteiger partial charge in [0.15, 0.2) is 0 Å². The molecule has 0 aliphatic heterocycles. The molecule has 0 bridgehead atoms. The summed E-state index contributed by atoms with van der Waals surface area (Å²) in [5.41, 5.74) is 0.599. The molecule has 0 aliphatic rings. The zero-order chi connectivity index (χ0) is 16.0. The molecule has 1 aromatic carbocycles. The normalized spacial score (nSPS) is 13.7. The molecule has 0 saturated heterocycles. The second kappa shape index (κ2) is 7.77. The summed E-state index contributed by atoms with van der Waals surface area (Å²) in [6.45, 7) is 8.26. The topological polar surface area (TPSA) is 67.4 Å². The molecule has 1 rings (SSSR count). The minimum absolute atomic E-state index is 0.0467. The Bertz CT molecular complexity index is 542. The number of methoxy groups -OCH3 is 1. The first-order valence-corrected chi connectivity index (χ1v) is 8.63. The fourth-order valence-corrected chi connectivity index (χ4v) is 3.40. The van der Waals surface area contributed by atoms with Crippen molar-refractivity contribution in [3.05, 3.63) is 24.3 Å². The van der Waals surface area contributed by atoms with E-state index < -0.39 is 10.0 Å². The van der Waals surface area contributed by atoms with Gasteiger partial charge in [-0.05, 0) is 31.9 Å². The molecule has 21 heavy (non-hydrogen) atoms. The Kier molecular flexibility index (Phi) is 6.64. The number of anilines is 1. The molecule has 1 unspecified atom stereocenters. The van der Waals surface area contributed by atoms with E-state index in [1.165, 1.54) is 0 Å². The van der Waals surface area contributed by atoms with Gasteiger partial charge in [0.05, 0.1) is 18.3 Å². The molecular weight excluding hydrogens is 288 g/mol. The zero-order valence-electron chi connectivity index (χ0n) is 13.4. The van der Waals surface area contributed by atoms with Gasteiger partial charge in [-0.3, -0.25) is 0 Å². The molecule has 0 aromatic heterocycles. The minimum atomic E-state index is -3.53. The number of nitrogens with one attached hydrogen (secondary N) is 2. The van der Waals surface area contributed by atoms with Gasteiger partial charge in [-0.15, -0.1) is 0 Å². The van der Waals surface area contributed by atoms with Crippen LogP contribution in [0.15, 0.2) is 29.2 Å². The number of ether oxygens (including phenoxy) is 1. The summed E-state index contributed by atoms with van der Waals surface area (Å²) in [5.74, 6) is 0.318. The van der Waals surface area contributed by atoms with Crippen molar-refractivity contribution in [2.75, 3.05) is 19.0 Å². The van der Waals surface area contributed by atoms with E-state index in [2.05, 4.69) is 23.9 Å². The van der Waals surface area contributed by atoms with Crippen LogP contribution in [-0.4, -0.2) is 34.2 Å². The van der Waals surface area contributed by atoms with E-state index in [1.54, 1.807) is 39.2 Å². The predicted molar refractivity (Wildman–Crippen MR) is 86.0 cm³/mol. The van der Waals surface area contributed by atoms with Crippen LogP contribution < -0.4 is 10.0 Å². The summed E-state index contributed by atoms with van der Waals surface area (Å²) in [6, 6.07) is 6.83. The maximum atomic E-state index is 12.4. The van der Waals surface area contributed by atoms with Gasteiger partial charge < -0.3 is 10.1 Å². The molecule has 120 valence electrons. The first-order chi connectivity index (χ1) is 9.77. The second-order valence-corrected chi connectivity index (χ2v) is 7.40. The van der Waals surface area contributed by atoms with E-state index >= 15 is 0 Å². The van der Waals surface area contributed by atoms with Crippen molar-refractivity contribution in [2.45, 2.75) is 44.7 Å². The molecule has 0 spiro atoms. The first-order valence-electron chi connectivity index (χ1n) is 7.14. The van der Waals surface area contributed by atoms with Gasteiger partial charge in [-0.25, -0.2) is 13.1 Å². The van der Waals surface area contributed by atoms with Crippen LogP contribution in [0.4, 0.5) is 5.69 Å². The van der Waals surface area contributed by atoms with Crippen LogP contribution in [0.3, 0.4) is 0 Å². The molecular formula is C15H26N2O3S. The Morgan fingerprint density at radius 2 is 1.76 bits per heavy atom. The molecule has 0 saturated carbocycles. The fourth-order valence-electron chi connectivity index (χ4n) is 1.97. The molecule has 1 aromatic rings. The van der Waals surface area contributed by atoms with E-state index in [0.717, 1.165) is 0 Å². The van der Waals surface area contributed by atoms with E-state index in [9.17, 15) is 8.42 Å². The lowest BCUT2D eigenvalue weighted by molar-refractivity contribution is 0.171. The lowest BCUT2D eigenvalue weighted by Gasteiger charge is -2.24. The van der Waals surface area contributed by atoms with Crippen molar-refractivity contribution in [3.8, 4) is 0 Å². The number of para-hydroxylation sites is 1. The number of rotatable bonds is 8. The van der Waals surface area contributed by atoms with E-state index in [1.807, 2.05) is 6.07 Å². The highest BCUT2D eigenvalue weighted by molar-refractivity contribution is 7.89. The van der Waals surface area contributed by atoms with Gasteiger partial charge in [0.1, 0.15) is 4.90 Å². The first kappa shape index (κ1) is 17.9. The third-order valence-electron chi connectivity index (χ3n) is 3.06. The molecule has 5 nitrogen and oxygen atoms in total. The van der Waals surface area contributed by atoms with Gasteiger partial charge in [0.2, 0.25) is 10.0 Å². The third kappa shape index (κ3) is 5.30. The second-order valence-electron chi connectivity index (χ2n) is 5.72. The maximum Gasteiger partial charge on any atom is 0.242 e. The summed E-state index contributed by atoms with van der Waals surface area (Å²) in [4.78, 5) is 0.264. The standard InChI is InChI=1S/C15H26N2O3S/c1-11(2)14(10-20-5)16-13-8-6-7-9-15(13)21(18,19)17-12(3)4/h6-9,11-12,14,16-17H,10H2,1-5H3. The van der Waals surface area contributed by atoms with Crippen LogP contribution in [0.5, 0.6) is 0 Å². The Morgan fingerprint density at radius 1 is 1.14 bits per heavy atom. The number of hydrogen-bond donors (Lipinski definition) is 2. The van der Waals surface area contributed by atoms with Crippen LogP contribution in [0.1, 0.15) is 27.7 Å². The Morgan fingerprint density at radius 3 is 2.29 bits per heavy atom. The van der Waals surface area contributed by atoms with Crippen molar-refractivity contribution in [3.63, 3.8) is 0 Å². The van der Waals surface area contributed by atoms with E-state index in [4.69, 9.17) is 4.74 Å². The lowest BCUT2D eigenvalue weighted by atomic mass is 10.1. The highest BCUT2D eigenvalue weighted by Crippen LogP contribution is 2.23. The smallest absolute Gasteiger partial charge is 0.242 e. The molecule has 0 fully saturated rings. The summed E-state index contributed by atoms with van der Waals surface area (Å²) in [7, 11) is -1.89. The molecule has 2 N–H and O–H groups in total. The minimum Gasteiger partial charge on any atom is -0.383 e. The highest BCUT2D eigenvalue weighted by atomic mass is 32.2. The van der Waals surface area contributed by atoms with Crippen LogP contribution in [-0.2, 0) is 14.8 Å². The summed E-state index contributed by atoms with van der Waals surface area (Å²) < 4.78 is 32.6. The van der Waals surface area contributed by atoms with Crippen molar-refractivity contribution in [2.24, 2.45) is 5.92 Å². The molecule has 0 heterocycles. The highest BCUT2D eigenvalue weighted by Gasteiger charge is 2.21. The lowest BCUT2D eigenvalue weighted by Crippen LogP contribution is -2.33. The quantitative estimate of drug-likeness (QED) is 0.773. The molecule has 0 amide bonds. The molecule has 1 atom stereocenters. The number of hydrogen-bond acceptors (Lipinski definition) is 4.